The van der Waals surface area contributed by atoms with Crippen molar-refractivity contribution in [3.63, 3.8) is 0 Å². The number of hydrogen-bond donors (Lipinski definition) is 2. The molecule has 0 saturated heterocycles. The summed E-state index contributed by atoms with van der Waals surface area (Å²) in [6.45, 7) is 0. The molecule has 108 valence electrons. The molecule has 0 atom stereocenters. The Labute approximate surface area is 117 Å². The molecule has 3 rings (SSSR count). The summed E-state index contributed by atoms with van der Waals surface area (Å²) in [5.41, 5.74) is 6.59. The molecule has 1 aromatic heterocycles. The molecule has 1 heterocycles. The number of nitrogens with two attached hydrogens (primary N) is 1. The molecule has 4 nitrogen and oxygen atoms in total. The van der Waals surface area contributed by atoms with Gasteiger partial charge in [0.2, 0.25) is 0 Å². The van der Waals surface area contributed by atoms with Crippen LogP contribution in [0.15, 0.2) is 46.9 Å². The molecular formula is C14H10F3N3O. The van der Waals surface area contributed by atoms with Crippen molar-refractivity contribution in [3.05, 3.63) is 48.0 Å². The van der Waals surface area contributed by atoms with Crippen LogP contribution in [-0.4, -0.2) is 4.98 Å². The lowest BCUT2D eigenvalue weighted by Gasteiger charge is -2.08. The zero-order valence-electron chi connectivity index (χ0n) is 10.6. The van der Waals surface area contributed by atoms with E-state index in [1.807, 2.05) is 0 Å². The van der Waals surface area contributed by atoms with Crippen molar-refractivity contribution >= 4 is 28.5 Å². The Bertz CT molecular complexity index is 796. The highest BCUT2D eigenvalue weighted by Crippen LogP contribution is 2.32. The Morgan fingerprint density at radius 2 is 1.86 bits per heavy atom. The van der Waals surface area contributed by atoms with E-state index < -0.39 is 11.7 Å². The molecule has 0 aliphatic carbocycles. The van der Waals surface area contributed by atoms with Crippen LogP contribution in [0.4, 0.5) is 30.6 Å². The summed E-state index contributed by atoms with van der Waals surface area (Å²) in [6, 6.07) is 9.91. The van der Waals surface area contributed by atoms with E-state index in [-0.39, 0.29) is 11.7 Å². The average molecular weight is 293 g/mol. The molecular weight excluding hydrogens is 283 g/mol. The molecule has 0 amide bonds. The van der Waals surface area contributed by atoms with Gasteiger partial charge in [-0.25, -0.2) is 0 Å². The molecule has 0 aliphatic rings. The maximum Gasteiger partial charge on any atom is 0.416 e. The van der Waals surface area contributed by atoms with Crippen LogP contribution in [0.5, 0.6) is 0 Å². The third-order valence-corrected chi connectivity index (χ3v) is 2.89. The van der Waals surface area contributed by atoms with Gasteiger partial charge in [0, 0.05) is 5.69 Å². The normalized spacial score (nSPS) is 11.8. The van der Waals surface area contributed by atoms with Crippen LogP contribution in [0.3, 0.4) is 0 Å². The maximum absolute atomic E-state index is 12.6. The number of oxazole rings is 1. The first-order valence-electron chi connectivity index (χ1n) is 6.03. The number of hydrogen-bond acceptors (Lipinski definition) is 4. The fourth-order valence-corrected chi connectivity index (χ4v) is 1.92. The Morgan fingerprint density at radius 1 is 1.10 bits per heavy atom. The number of nitrogens with zero attached hydrogens (tertiary/aromatic N) is 1. The molecule has 0 aliphatic heterocycles. The molecule has 21 heavy (non-hydrogen) atoms. The van der Waals surface area contributed by atoms with Gasteiger partial charge in [-0.3, -0.25) is 0 Å². The number of nitrogens with one attached hydrogen (secondary N) is 1. The van der Waals surface area contributed by atoms with E-state index in [1.165, 1.54) is 12.1 Å². The van der Waals surface area contributed by atoms with E-state index in [0.717, 1.165) is 12.1 Å². The number of benzene rings is 2. The molecule has 0 fully saturated rings. The second-order valence-corrected chi connectivity index (χ2v) is 4.42. The molecule has 0 radical (unpaired) electrons. The van der Waals surface area contributed by atoms with Crippen LogP contribution >= 0.6 is 0 Å². The Kier molecular flexibility index (Phi) is 2.97. The number of rotatable bonds is 2. The second kappa shape index (κ2) is 4.69. The SMILES string of the molecule is Nc1cccc2oc(Nc3cccc(C(F)(F)F)c3)nc12. The van der Waals surface area contributed by atoms with E-state index >= 15 is 0 Å². The van der Waals surface area contributed by atoms with Crippen LogP contribution in [0.25, 0.3) is 11.1 Å². The van der Waals surface area contributed by atoms with Crippen molar-refractivity contribution < 1.29 is 17.6 Å². The van der Waals surface area contributed by atoms with E-state index in [4.69, 9.17) is 10.2 Å². The van der Waals surface area contributed by atoms with E-state index in [2.05, 4.69) is 10.3 Å². The van der Waals surface area contributed by atoms with Gasteiger partial charge in [0.15, 0.2) is 5.58 Å². The number of halogens is 3. The third kappa shape index (κ3) is 2.62. The van der Waals surface area contributed by atoms with Crippen LogP contribution in [0.2, 0.25) is 0 Å². The highest BCUT2D eigenvalue weighted by molar-refractivity contribution is 5.86. The van der Waals surface area contributed by atoms with Crippen molar-refractivity contribution in [3.8, 4) is 0 Å². The number of fused-ring (bicyclic) bond motifs is 1. The van der Waals surface area contributed by atoms with Crippen molar-refractivity contribution in [2.24, 2.45) is 0 Å². The Balaban J connectivity index is 1.93. The van der Waals surface area contributed by atoms with E-state index in [0.29, 0.717) is 16.8 Å². The van der Waals surface area contributed by atoms with Gasteiger partial charge < -0.3 is 15.5 Å². The van der Waals surface area contributed by atoms with Crippen molar-refractivity contribution in [1.29, 1.82) is 0 Å². The van der Waals surface area contributed by atoms with Gasteiger partial charge in [-0.05, 0) is 30.3 Å². The zero-order chi connectivity index (χ0) is 15.0. The lowest BCUT2D eigenvalue weighted by Crippen LogP contribution is -2.05. The number of nitrogen functional groups attached to an aromatic ring is 1. The van der Waals surface area contributed by atoms with Crippen molar-refractivity contribution in [2.45, 2.75) is 6.18 Å². The maximum atomic E-state index is 12.6. The van der Waals surface area contributed by atoms with Gasteiger partial charge in [-0.15, -0.1) is 0 Å². The summed E-state index contributed by atoms with van der Waals surface area (Å²) in [4.78, 5) is 4.12. The summed E-state index contributed by atoms with van der Waals surface area (Å²) in [7, 11) is 0. The number of anilines is 3. The molecule has 3 aromatic rings. The number of aromatic nitrogens is 1. The van der Waals surface area contributed by atoms with Gasteiger partial charge in [0.25, 0.3) is 6.01 Å². The van der Waals surface area contributed by atoms with Gasteiger partial charge in [0.05, 0.1) is 11.3 Å². The van der Waals surface area contributed by atoms with Gasteiger partial charge in [0.1, 0.15) is 5.52 Å². The summed E-state index contributed by atoms with van der Waals surface area (Å²) in [6.07, 6.45) is -4.40. The molecule has 2 aromatic carbocycles. The summed E-state index contributed by atoms with van der Waals surface area (Å²) >= 11 is 0. The average Bonchev–Trinajstić information content (AvgIpc) is 2.82. The smallest absolute Gasteiger partial charge is 0.416 e. The van der Waals surface area contributed by atoms with Crippen LogP contribution in [-0.2, 0) is 6.18 Å². The lowest BCUT2D eigenvalue weighted by atomic mass is 10.2. The first-order valence-corrected chi connectivity index (χ1v) is 6.03. The predicted molar refractivity (Wildman–Crippen MR) is 73.1 cm³/mol. The molecule has 0 spiro atoms. The standard InChI is InChI=1S/C14H10F3N3O/c15-14(16,17)8-3-1-4-9(7-8)19-13-20-12-10(18)5-2-6-11(12)21-13/h1-7H,18H2,(H,19,20). The van der Waals surface area contributed by atoms with Gasteiger partial charge >= 0.3 is 6.18 Å². The summed E-state index contributed by atoms with van der Waals surface area (Å²) in [5.74, 6) is 0. The van der Waals surface area contributed by atoms with Crippen LogP contribution < -0.4 is 11.1 Å². The molecule has 0 unspecified atom stereocenters. The molecule has 3 N–H and O–H groups in total. The quantitative estimate of drug-likeness (QED) is 0.696. The highest BCUT2D eigenvalue weighted by atomic mass is 19.4. The summed E-state index contributed by atoms with van der Waals surface area (Å²) < 4.78 is 43.3. The van der Waals surface area contributed by atoms with Crippen molar-refractivity contribution in [1.82, 2.24) is 4.98 Å². The molecule has 0 bridgehead atoms. The lowest BCUT2D eigenvalue weighted by molar-refractivity contribution is -0.137. The summed E-state index contributed by atoms with van der Waals surface area (Å²) in [5, 5.41) is 2.70. The third-order valence-electron chi connectivity index (χ3n) is 2.89. The van der Waals surface area contributed by atoms with Crippen LogP contribution in [0.1, 0.15) is 5.56 Å². The first-order chi connectivity index (χ1) is 9.93. The Morgan fingerprint density at radius 3 is 2.57 bits per heavy atom. The minimum Gasteiger partial charge on any atom is -0.423 e. The van der Waals surface area contributed by atoms with E-state index in [1.54, 1.807) is 18.2 Å². The van der Waals surface area contributed by atoms with Crippen LogP contribution in [0, 0.1) is 0 Å². The fraction of sp³-hybridized carbons (Fsp3) is 0.0714. The monoisotopic (exact) mass is 293 g/mol. The van der Waals surface area contributed by atoms with Gasteiger partial charge in [-0.2, -0.15) is 18.2 Å². The topological polar surface area (TPSA) is 64.1 Å². The number of alkyl halides is 3. The Hall–Kier alpha value is -2.70. The highest BCUT2D eigenvalue weighted by Gasteiger charge is 2.30. The van der Waals surface area contributed by atoms with Crippen molar-refractivity contribution in [2.75, 3.05) is 11.1 Å². The molecule has 7 heteroatoms. The first kappa shape index (κ1) is 13.3. The minimum absolute atomic E-state index is 0.0854. The predicted octanol–water partition coefficient (Wildman–Crippen LogP) is 4.17. The van der Waals surface area contributed by atoms with E-state index in [9.17, 15) is 13.2 Å². The number of para-hydroxylation sites is 1. The fourth-order valence-electron chi connectivity index (χ4n) is 1.92. The minimum atomic E-state index is -4.40. The largest absolute Gasteiger partial charge is 0.423 e. The van der Waals surface area contributed by atoms with Gasteiger partial charge in [-0.1, -0.05) is 12.1 Å². The second-order valence-electron chi connectivity index (χ2n) is 4.42. The zero-order valence-corrected chi connectivity index (χ0v) is 10.6. The molecule has 0 saturated carbocycles.